The SMILES string of the molecule is COc1cccc2sc(C(=O)NCc3cncs3)c(N)c12. The van der Waals surface area contributed by atoms with Gasteiger partial charge in [0.25, 0.3) is 5.91 Å². The Morgan fingerprint density at radius 3 is 3.05 bits per heavy atom. The van der Waals surface area contributed by atoms with Gasteiger partial charge in [0.2, 0.25) is 0 Å². The zero-order chi connectivity index (χ0) is 14.8. The Kier molecular flexibility index (Phi) is 3.76. The molecule has 7 heteroatoms. The van der Waals surface area contributed by atoms with Gasteiger partial charge in [0.1, 0.15) is 10.6 Å². The second-order valence-corrected chi connectivity index (χ2v) is 6.35. The first-order valence-corrected chi connectivity index (χ1v) is 7.91. The number of nitrogen functional groups attached to an aromatic ring is 1. The number of nitrogens with one attached hydrogen (secondary N) is 1. The van der Waals surface area contributed by atoms with E-state index in [2.05, 4.69) is 10.3 Å². The molecule has 2 heterocycles. The number of rotatable bonds is 4. The zero-order valence-electron chi connectivity index (χ0n) is 11.3. The molecule has 0 atom stereocenters. The van der Waals surface area contributed by atoms with Gasteiger partial charge in [0.05, 0.1) is 30.2 Å². The maximum atomic E-state index is 12.3. The molecule has 0 radical (unpaired) electrons. The minimum absolute atomic E-state index is 0.177. The molecule has 21 heavy (non-hydrogen) atoms. The van der Waals surface area contributed by atoms with Gasteiger partial charge in [0.15, 0.2) is 0 Å². The fourth-order valence-electron chi connectivity index (χ4n) is 2.06. The van der Waals surface area contributed by atoms with E-state index in [1.807, 2.05) is 18.2 Å². The zero-order valence-corrected chi connectivity index (χ0v) is 12.9. The average molecular weight is 319 g/mol. The van der Waals surface area contributed by atoms with Crippen LogP contribution in [0.25, 0.3) is 10.1 Å². The number of aromatic nitrogens is 1. The summed E-state index contributed by atoms with van der Waals surface area (Å²) in [4.78, 5) is 17.8. The fourth-order valence-corrected chi connectivity index (χ4v) is 3.65. The lowest BCUT2D eigenvalue weighted by Gasteiger charge is -2.03. The molecule has 3 rings (SSSR count). The van der Waals surface area contributed by atoms with E-state index in [-0.39, 0.29) is 5.91 Å². The summed E-state index contributed by atoms with van der Waals surface area (Å²) in [5.41, 5.74) is 8.33. The Bertz CT molecular complexity index is 781. The first-order valence-electron chi connectivity index (χ1n) is 6.21. The molecule has 0 fully saturated rings. The lowest BCUT2D eigenvalue weighted by Crippen LogP contribution is -2.22. The third-order valence-electron chi connectivity index (χ3n) is 3.05. The van der Waals surface area contributed by atoms with Gasteiger partial charge in [-0.05, 0) is 12.1 Å². The molecule has 0 unspecified atom stereocenters. The van der Waals surface area contributed by atoms with Crippen molar-refractivity contribution in [2.75, 3.05) is 12.8 Å². The Hall–Kier alpha value is -2.12. The number of thiophene rings is 1. The highest BCUT2D eigenvalue weighted by Gasteiger charge is 2.18. The van der Waals surface area contributed by atoms with E-state index in [4.69, 9.17) is 10.5 Å². The van der Waals surface area contributed by atoms with E-state index in [1.54, 1.807) is 18.8 Å². The van der Waals surface area contributed by atoms with E-state index < -0.39 is 0 Å². The van der Waals surface area contributed by atoms with Crippen LogP contribution < -0.4 is 15.8 Å². The van der Waals surface area contributed by atoms with Crippen LogP contribution in [0.3, 0.4) is 0 Å². The van der Waals surface area contributed by atoms with Crippen molar-refractivity contribution in [2.24, 2.45) is 0 Å². The molecule has 5 nitrogen and oxygen atoms in total. The number of anilines is 1. The van der Waals surface area contributed by atoms with E-state index in [0.29, 0.717) is 22.9 Å². The molecule has 3 N–H and O–H groups in total. The highest BCUT2D eigenvalue weighted by Crippen LogP contribution is 2.39. The van der Waals surface area contributed by atoms with E-state index in [0.717, 1.165) is 15.0 Å². The van der Waals surface area contributed by atoms with E-state index in [9.17, 15) is 4.79 Å². The number of hydrogen-bond acceptors (Lipinski definition) is 6. The topological polar surface area (TPSA) is 77.2 Å². The molecule has 108 valence electrons. The molecule has 0 saturated carbocycles. The highest BCUT2D eigenvalue weighted by atomic mass is 32.1. The quantitative estimate of drug-likeness (QED) is 0.775. The van der Waals surface area contributed by atoms with E-state index >= 15 is 0 Å². The molecule has 1 aromatic carbocycles. The van der Waals surface area contributed by atoms with Crippen LogP contribution in [-0.4, -0.2) is 18.0 Å². The Morgan fingerprint density at radius 1 is 1.48 bits per heavy atom. The van der Waals surface area contributed by atoms with Crippen LogP contribution in [0, 0.1) is 0 Å². The average Bonchev–Trinajstić information content (AvgIpc) is 3.13. The normalized spacial score (nSPS) is 10.7. The van der Waals surface area contributed by atoms with Crippen LogP contribution in [0.5, 0.6) is 5.75 Å². The number of carbonyl (C=O) groups excluding carboxylic acids is 1. The molecule has 3 aromatic rings. The van der Waals surface area contributed by atoms with Gasteiger partial charge < -0.3 is 15.8 Å². The van der Waals surface area contributed by atoms with Gasteiger partial charge in [-0.15, -0.1) is 22.7 Å². The number of thiazole rings is 1. The van der Waals surface area contributed by atoms with Crippen molar-refractivity contribution in [2.45, 2.75) is 6.54 Å². The fraction of sp³-hybridized carbons (Fsp3) is 0.143. The van der Waals surface area contributed by atoms with Crippen molar-refractivity contribution in [3.05, 3.63) is 39.7 Å². The molecular weight excluding hydrogens is 306 g/mol. The van der Waals surface area contributed by atoms with Gasteiger partial charge in [0, 0.05) is 15.8 Å². The summed E-state index contributed by atoms with van der Waals surface area (Å²) in [6.45, 7) is 0.453. The van der Waals surface area contributed by atoms with Crippen LogP contribution in [0.2, 0.25) is 0 Å². The lowest BCUT2D eigenvalue weighted by molar-refractivity contribution is 0.0956. The summed E-state index contributed by atoms with van der Waals surface area (Å²) in [6, 6.07) is 5.65. The summed E-state index contributed by atoms with van der Waals surface area (Å²) in [5.74, 6) is 0.506. The van der Waals surface area contributed by atoms with Crippen molar-refractivity contribution in [3.8, 4) is 5.75 Å². The predicted octanol–water partition coefficient (Wildman–Crippen LogP) is 2.88. The van der Waals surface area contributed by atoms with Crippen LogP contribution in [0.15, 0.2) is 29.9 Å². The number of amides is 1. The summed E-state index contributed by atoms with van der Waals surface area (Å²) in [5, 5.41) is 3.66. The Labute approximate surface area is 129 Å². The first-order chi connectivity index (χ1) is 10.2. The standard InChI is InChI=1S/C14H13N3O2S2/c1-19-9-3-2-4-10-11(9)12(15)13(21-10)14(18)17-6-8-5-16-7-20-8/h2-5,7H,6,15H2,1H3,(H,17,18). The number of nitrogens with two attached hydrogens (primary N) is 1. The van der Waals surface area contributed by atoms with Gasteiger partial charge in [-0.3, -0.25) is 9.78 Å². The summed E-state index contributed by atoms with van der Waals surface area (Å²) in [7, 11) is 1.59. The van der Waals surface area contributed by atoms with Crippen molar-refractivity contribution >= 4 is 44.4 Å². The number of carbonyl (C=O) groups is 1. The second-order valence-electron chi connectivity index (χ2n) is 4.33. The van der Waals surface area contributed by atoms with Gasteiger partial charge in [-0.2, -0.15) is 0 Å². The minimum atomic E-state index is -0.177. The molecule has 0 saturated heterocycles. The molecular formula is C14H13N3O2S2. The number of ether oxygens (including phenoxy) is 1. The molecule has 2 aromatic heterocycles. The van der Waals surface area contributed by atoms with Crippen LogP contribution in [0.4, 0.5) is 5.69 Å². The molecule has 1 amide bonds. The lowest BCUT2D eigenvalue weighted by atomic mass is 10.2. The Morgan fingerprint density at radius 2 is 2.33 bits per heavy atom. The molecule has 0 bridgehead atoms. The van der Waals surface area contributed by atoms with E-state index in [1.165, 1.54) is 22.7 Å². The second kappa shape index (κ2) is 5.71. The maximum absolute atomic E-state index is 12.3. The van der Waals surface area contributed by atoms with Crippen LogP contribution in [-0.2, 0) is 6.54 Å². The minimum Gasteiger partial charge on any atom is -0.496 e. The monoisotopic (exact) mass is 319 g/mol. The largest absolute Gasteiger partial charge is 0.496 e. The molecule has 0 aliphatic heterocycles. The van der Waals surface area contributed by atoms with Crippen molar-refractivity contribution in [1.82, 2.24) is 10.3 Å². The van der Waals surface area contributed by atoms with Crippen molar-refractivity contribution in [3.63, 3.8) is 0 Å². The Balaban J connectivity index is 1.89. The predicted molar refractivity (Wildman–Crippen MR) is 86.1 cm³/mol. The van der Waals surface area contributed by atoms with Crippen LogP contribution in [0.1, 0.15) is 14.5 Å². The third-order valence-corrected chi connectivity index (χ3v) is 5.00. The van der Waals surface area contributed by atoms with Gasteiger partial charge >= 0.3 is 0 Å². The molecule has 0 aliphatic rings. The highest BCUT2D eigenvalue weighted by molar-refractivity contribution is 7.21. The van der Waals surface area contributed by atoms with Gasteiger partial charge in [-0.25, -0.2) is 0 Å². The first kappa shape index (κ1) is 13.8. The summed E-state index contributed by atoms with van der Waals surface area (Å²) in [6.07, 6.45) is 1.74. The number of hydrogen-bond donors (Lipinski definition) is 2. The van der Waals surface area contributed by atoms with Crippen molar-refractivity contribution in [1.29, 1.82) is 0 Å². The summed E-state index contributed by atoms with van der Waals surface area (Å²) < 4.78 is 6.25. The van der Waals surface area contributed by atoms with Crippen molar-refractivity contribution < 1.29 is 9.53 Å². The maximum Gasteiger partial charge on any atom is 0.263 e. The van der Waals surface area contributed by atoms with Gasteiger partial charge in [-0.1, -0.05) is 6.07 Å². The smallest absolute Gasteiger partial charge is 0.263 e. The molecule has 0 aliphatic carbocycles. The molecule has 0 spiro atoms. The number of fused-ring (bicyclic) bond motifs is 1. The summed E-state index contributed by atoms with van der Waals surface area (Å²) >= 11 is 2.87. The number of nitrogens with zero attached hydrogens (tertiary/aromatic N) is 1. The number of benzene rings is 1. The third kappa shape index (κ3) is 2.57. The number of methoxy groups -OCH3 is 1. The van der Waals surface area contributed by atoms with Crippen LogP contribution >= 0.6 is 22.7 Å².